The van der Waals surface area contributed by atoms with E-state index < -0.39 is 5.92 Å². The number of carbonyl (C=O) groups excluding carboxylic acids is 2. The Morgan fingerprint density at radius 2 is 1.91 bits per heavy atom. The number of nitrogens with zero attached hydrogens (tertiary/aromatic N) is 1. The number of ether oxygens (including phenoxy) is 2. The molecule has 2 aliphatic rings. The Labute approximate surface area is 205 Å². The molecule has 1 aliphatic heterocycles. The van der Waals surface area contributed by atoms with Crippen LogP contribution in [0.15, 0.2) is 65.3 Å². The number of rotatable bonds is 5. The first-order valence-electron chi connectivity index (χ1n) is 11.5. The van der Waals surface area contributed by atoms with Crippen LogP contribution in [0.2, 0.25) is 0 Å². The van der Waals surface area contributed by atoms with Crippen molar-refractivity contribution >= 4 is 17.4 Å². The van der Waals surface area contributed by atoms with Crippen LogP contribution < -0.4 is 15.8 Å². The molecule has 1 aliphatic carbocycles. The van der Waals surface area contributed by atoms with E-state index in [9.17, 15) is 14.9 Å². The fraction of sp³-hybridized carbons (Fsp3) is 0.321. The topological polar surface area (TPSA) is 114 Å². The first kappa shape index (κ1) is 24.1. The van der Waals surface area contributed by atoms with Gasteiger partial charge in [-0.1, -0.05) is 43.7 Å². The third-order valence-corrected chi connectivity index (χ3v) is 6.31. The van der Waals surface area contributed by atoms with Crippen LogP contribution in [0.4, 0.5) is 5.69 Å². The van der Waals surface area contributed by atoms with Crippen LogP contribution in [0.5, 0.6) is 5.75 Å². The fourth-order valence-electron chi connectivity index (χ4n) is 4.66. The van der Waals surface area contributed by atoms with Crippen molar-refractivity contribution in [1.82, 2.24) is 0 Å². The number of allylic oxidation sites excluding steroid dienone is 3. The molecule has 2 aromatic carbocycles. The molecular weight excluding hydrogens is 442 g/mol. The van der Waals surface area contributed by atoms with Gasteiger partial charge >= 0.3 is 0 Å². The Balaban J connectivity index is 1.50. The number of carbonyl (C=O) groups is 2. The first-order chi connectivity index (χ1) is 16.6. The Kier molecular flexibility index (Phi) is 6.40. The lowest BCUT2D eigenvalue weighted by molar-refractivity contribution is -0.119. The average molecular weight is 472 g/mol. The predicted molar refractivity (Wildman–Crippen MR) is 132 cm³/mol. The highest BCUT2D eigenvalue weighted by Crippen LogP contribution is 2.47. The molecule has 1 heterocycles. The van der Waals surface area contributed by atoms with Gasteiger partial charge in [0.25, 0.3) is 5.91 Å². The summed E-state index contributed by atoms with van der Waals surface area (Å²) in [6.45, 7) is 7.80. The second-order valence-corrected chi connectivity index (χ2v) is 9.93. The number of hydrogen-bond acceptors (Lipinski definition) is 6. The van der Waals surface area contributed by atoms with Gasteiger partial charge in [-0.05, 0) is 48.6 Å². The van der Waals surface area contributed by atoms with Crippen LogP contribution in [0.1, 0.15) is 49.3 Å². The minimum Gasteiger partial charge on any atom is -0.484 e. The maximum absolute atomic E-state index is 13.1. The second kappa shape index (κ2) is 9.30. The van der Waals surface area contributed by atoms with Gasteiger partial charge in [0.2, 0.25) is 5.88 Å². The predicted octanol–water partition coefficient (Wildman–Crippen LogP) is 4.77. The maximum atomic E-state index is 13.1. The number of aryl methyl sites for hydroxylation is 2. The molecule has 0 spiro atoms. The zero-order valence-corrected chi connectivity index (χ0v) is 20.4. The summed E-state index contributed by atoms with van der Waals surface area (Å²) in [4.78, 5) is 25.4. The van der Waals surface area contributed by atoms with Crippen molar-refractivity contribution in [2.75, 3.05) is 11.9 Å². The van der Waals surface area contributed by atoms with Gasteiger partial charge in [0.05, 0.1) is 5.92 Å². The van der Waals surface area contributed by atoms with Crippen LogP contribution in [-0.2, 0) is 14.3 Å². The molecule has 0 saturated carbocycles. The summed E-state index contributed by atoms with van der Waals surface area (Å²) in [5, 5.41) is 12.6. The van der Waals surface area contributed by atoms with E-state index in [0.717, 1.165) is 22.4 Å². The molecule has 2 aromatic rings. The van der Waals surface area contributed by atoms with Gasteiger partial charge in [0, 0.05) is 24.1 Å². The minimum absolute atomic E-state index is 0.0325. The van der Waals surface area contributed by atoms with E-state index in [1.165, 1.54) is 0 Å². The Morgan fingerprint density at radius 1 is 1.20 bits per heavy atom. The molecule has 0 radical (unpaired) electrons. The summed E-state index contributed by atoms with van der Waals surface area (Å²) >= 11 is 0. The van der Waals surface area contributed by atoms with Crippen LogP contribution in [0, 0.1) is 30.6 Å². The van der Waals surface area contributed by atoms with Gasteiger partial charge in [-0.15, -0.1) is 0 Å². The number of Topliss-reactive ketones (excluding diaryl/α,β-unsaturated/α-hetero) is 1. The highest BCUT2D eigenvalue weighted by molar-refractivity contribution is 6.00. The van der Waals surface area contributed by atoms with Gasteiger partial charge in [0.15, 0.2) is 12.4 Å². The maximum Gasteiger partial charge on any atom is 0.262 e. The molecule has 1 amide bonds. The van der Waals surface area contributed by atoms with Crippen molar-refractivity contribution in [3.05, 3.63) is 81.9 Å². The Morgan fingerprint density at radius 3 is 2.57 bits per heavy atom. The molecule has 7 heteroatoms. The van der Waals surface area contributed by atoms with Gasteiger partial charge in [0.1, 0.15) is 23.2 Å². The minimum atomic E-state index is -0.589. The van der Waals surface area contributed by atoms with Crippen LogP contribution in [0.25, 0.3) is 0 Å². The van der Waals surface area contributed by atoms with E-state index >= 15 is 0 Å². The third kappa shape index (κ3) is 5.07. The zero-order valence-electron chi connectivity index (χ0n) is 20.4. The van der Waals surface area contributed by atoms with Crippen molar-refractivity contribution < 1.29 is 19.1 Å². The summed E-state index contributed by atoms with van der Waals surface area (Å²) in [6.07, 6.45) is 0.946. The Hall–Kier alpha value is -4.05. The van der Waals surface area contributed by atoms with Crippen LogP contribution in [0.3, 0.4) is 0 Å². The van der Waals surface area contributed by atoms with Crippen molar-refractivity contribution in [3.63, 3.8) is 0 Å². The van der Waals surface area contributed by atoms with Crippen LogP contribution in [-0.4, -0.2) is 18.3 Å². The van der Waals surface area contributed by atoms with Crippen molar-refractivity contribution in [3.8, 4) is 11.8 Å². The van der Waals surface area contributed by atoms with E-state index in [1.54, 1.807) is 24.3 Å². The van der Waals surface area contributed by atoms with Gasteiger partial charge in [-0.3, -0.25) is 9.59 Å². The normalized spacial score (nSPS) is 18.9. The van der Waals surface area contributed by atoms with E-state index in [4.69, 9.17) is 15.2 Å². The number of ketones is 1. The number of amides is 1. The summed E-state index contributed by atoms with van der Waals surface area (Å²) < 4.78 is 11.4. The number of anilines is 1. The molecular formula is C28H29N3O4. The summed E-state index contributed by atoms with van der Waals surface area (Å²) in [7, 11) is 0. The van der Waals surface area contributed by atoms with Crippen LogP contribution >= 0.6 is 0 Å². The molecule has 3 N–H and O–H groups in total. The first-order valence-corrected chi connectivity index (χ1v) is 11.5. The molecule has 1 unspecified atom stereocenters. The zero-order chi connectivity index (χ0) is 25.3. The summed E-state index contributed by atoms with van der Waals surface area (Å²) in [6, 6.07) is 14.9. The highest BCUT2D eigenvalue weighted by Gasteiger charge is 2.42. The van der Waals surface area contributed by atoms with E-state index in [2.05, 4.69) is 11.4 Å². The summed E-state index contributed by atoms with van der Waals surface area (Å²) in [5.41, 5.74) is 10.1. The number of hydrogen-bond donors (Lipinski definition) is 2. The van der Waals surface area contributed by atoms with Crippen molar-refractivity contribution in [2.45, 2.75) is 46.5 Å². The third-order valence-electron chi connectivity index (χ3n) is 6.31. The average Bonchev–Trinajstić information content (AvgIpc) is 2.78. The fourth-order valence-corrected chi connectivity index (χ4v) is 4.66. The van der Waals surface area contributed by atoms with Crippen molar-refractivity contribution in [1.29, 1.82) is 5.26 Å². The number of nitrogens with two attached hydrogens (primary N) is 1. The molecule has 35 heavy (non-hydrogen) atoms. The monoisotopic (exact) mass is 471 g/mol. The lowest BCUT2D eigenvalue weighted by Crippen LogP contribution is -2.33. The largest absolute Gasteiger partial charge is 0.484 e. The number of nitriles is 1. The van der Waals surface area contributed by atoms with Gasteiger partial charge in [-0.25, -0.2) is 0 Å². The Bertz CT molecular complexity index is 1300. The van der Waals surface area contributed by atoms with E-state index in [1.807, 2.05) is 45.9 Å². The molecule has 0 aromatic heterocycles. The SMILES string of the molecule is Cc1ccc(NC(=O)COc2ccc(C3C(C#N)=C(N)OC4=C3C(=O)CC(C)(C)C4)cc2)c(C)c1. The smallest absolute Gasteiger partial charge is 0.262 e. The number of benzene rings is 2. The lowest BCUT2D eigenvalue weighted by atomic mass is 9.70. The number of nitrogens with one attached hydrogen (secondary N) is 1. The second-order valence-electron chi connectivity index (χ2n) is 9.93. The molecule has 0 bridgehead atoms. The van der Waals surface area contributed by atoms with Gasteiger partial charge < -0.3 is 20.5 Å². The lowest BCUT2D eigenvalue weighted by Gasteiger charge is -2.37. The molecule has 4 rings (SSSR count). The molecule has 180 valence electrons. The quantitative estimate of drug-likeness (QED) is 0.649. The molecule has 1 atom stereocenters. The van der Waals surface area contributed by atoms with Gasteiger partial charge in [-0.2, -0.15) is 5.26 Å². The molecule has 7 nitrogen and oxygen atoms in total. The summed E-state index contributed by atoms with van der Waals surface area (Å²) in [5.74, 6) is 0.177. The standard InChI is InChI=1S/C28H29N3O4/c1-16-5-10-21(17(2)11-16)31-24(33)15-34-19-8-6-18(7-9-19)25-20(14-29)27(30)35-23-13-28(3,4)12-22(32)26(23)25/h5-11,25H,12-13,15,30H2,1-4H3,(H,31,33). The molecule has 0 fully saturated rings. The van der Waals surface area contributed by atoms with Crippen molar-refractivity contribution in [2.24, 2.45) is 11.1 Å². The molecule has 0 saturated heterocycles. The van der Waals surface area contributed by atoms with E-state index in [-0.39, 0.29) is 35.2 Å². The van der Waals surface area contributed by atoms with E-state index in [0.29, 0.717) is 29.9 Å². The highest BCUT2D eigenvalue weighted by atomic mass is 16.5.